The van der Waals surface area contributed by atoms with Crippen LogP contribution in [0.3, 0.4) is 0 Å². The summed E-state index contributed by atoms with van der Waals surface area (Å²) in [4.78, 5) is 18.5. The lowest BCUT2D eigenvalue weighted by atomic mass is 10.1. The van der Waals surface area contributed by atoms with Crippen molar-refractivity contribution in [3.8, 4) is 0 Å². The number of hydrogen-bond acceptors (Lipinski definition) is 4. The Morgan fingerprint density at radius 1 is 1.43 bits per heavy atom. The molecule has 0 N–H and O–H groups in total. The smallest absolute Gasteiger partial charge is 0.268 e. The first-order valence-corrected chi connectivity index (χ1v) is 9.63. The topological polar surface area (TPSA) is 34.9 Å². The Balaban J connectivity index is 1.91. The van der Waals surface area contributed by atoms with E-state index in [9.17, 15) is 4.79 Å². The van der Waals surface area contributed by atoms with Gasteiger partial charge in [-0.15, -0.1) is 18.3 Å². The number of nitrogens with zero attached hydrogens (tertiary/aromatic N) is 2. The van der Waals surface area contributed by atoms with Gasteiger partial charge in [-0.3, -0.25) is 9.36 Å². The maximum Gasteiger partial charge on any atom is 0.268 e. The van der Waals surface area contributed by atoms with E-state index in [1.54, 1.807) is 23.5 Å². The van der Waals surface area contributed by atoms with Crippen molar-refractivity contribution in [2.45, 2.75) is 41.6 Å². The number of fused-ring (bicyclic) bond motifs is 1. The second kappa shape index (κ2) is 7.41. The summed E-state index contributed by atoms with van der Waals surface area (Å²) in [6.45, 7) is 6.58. The van der Waals surface area contributed by atoms with E-state index in [-0.39, 0.29) is 5.56 Å². The van der Waals surface area contributed by atoms with Gasteiger partial charge in [0.1, 0.15) is 0 Å². The highest BCUT2D eigenvalue weighted by Gasteiger charge is 2.26. The van der Waals surface area contributed by atoms with Crippen LogP contribution in [0.5, 0.6) is 0 Å². The summed E-state index contributed by atoms with van der Waals surface area (Å²) in [7, 11) is 0. The molecule has 3 nitrogen and oxygen atoms in total. The van der Waals surface area contributed by atoms with Crippen LogP contribution in [0.15, 0.2) is 57.8 Å². The number of benzene rings is 1. The maximum absolute atomic E-state index is 12.9. The van der Waals surface area contributed by atoms with E-state index in [4.69, 9.17) is 4.98 Å². The molecule has 1 unspecified atom stereocenters. The molecule has 0 bridgehead atoms. The second-order valence-corrected chi connectivity index (χ2v) is 8.03. The van der Waals surface area contributed by atoms with E-state index in [2.05, 4.69) is 25.6 Å². The summed E-state index contributed by atoms with van der Waals surface area (Å²) in [5, 5.41) is 1.26. The molecule has 0 aliphatic carbocycles. The van der Waals surface area contributed by atoms with Gasteiger partial charge < -0.3 is 0 Å². The summed E-state index contributed by atoms with van der Waals surface area (Å²) >= 11 is 3.25. The van der Waals surface area contributed by atoms with Gasteiger partial charge in [-0.25, -0.2) is 4.98 Å². The van der Waals surface area contributed by atoms with Crippen molar-refractivity contribution < 1.29 is 0 Å². The quantitative estimate of drug-likeness (QED) is 0.453. The van der Waals surface area contributed by atoms with E-state index in [1.165, 1.54) is 5.56 Å². The van der Waals surface area contributed by atoms with Gasteiger partial charge in [-0.05, 0) is 12.0 Å². The molecule has 2 heterocycles. The second-order valence-electron chi connectivity index (χ2n) is 5.59. The molecular weight excluding hydrogens is 324 g/mol. The zero-order valence-electron chi connectivity index (χ0n) is 13.2. The van der Waals surface area contributed by atoms with Gasteiger partial charge in [0.2, 0.25) is 0 Å². The van der Waals surface area contributed by atoms with E-state index < -0.39 is 0 Å². The minimum atomic E-state index is 0.117. The molecule has 2 aromatic rings. The lowest BCUT2D eigenvalue weighted by Gasteiger charge is -2.13. The van der Waals surface area contributed by atoms with Gasteiger partial charge in [0.25, 0.3) is 5.56 Å². The van der Waals surface area contributed by atoms with Crippen LogP contribution in [-0.2, 0) is 19.4 Å². The van der Waals surface area contributed by atoms with Crippen LogP contribution in [0, 0.1) is 0 Å². The van der Waals surface area contributed by atoms with Crippen molar-refractivity contribution in [2.75, 3.05) is 5.75 Å². The zero-order valence-corrected chi connectivity index (χ0v) is 14.8. The molecule has 5 heteroatoms. The van der Waals surface area contributed by atoms with Crippen molar-refractivity contribution in [2.24, 2.45) is 0 Å². The van der Waals surface area contributed by atoms with Crippen molar-refractivity contribution in [3.63, 3.8) is 0 Å². The molecule has 0 spiro atoms. The van der Waals surface area contributed by atoms with Crippen molar-refractivity contribution >= 4 is 23.5 Å². The molecule has 23 heavy (non-hydrogen) atoms. The fraction of sp³-hybridized carbons (Fsp3) is 0.333. The molecule has 0 amide bonds. The average Bonchev–Trinajstić information content (AvgIpc) is 2.94. The van der Waals surface area contributed by atoms with Crippen LogP contribution in [0.2, 0.25) is 0 Å². The van der Waals surface area contributed by atoms with Gasteiger partial charge in [0, 0.05) is 24.0 Å². The molecule has 120 valence electrons. The van der Waals surface area contributed by atoms with Crippen molar-refractivity contribution in [1.82, 2.24) is 9.55 Å². The Morgan fingerprint density at radius 3 is 2.96 bits per heavy atom. The lowest BCUT2D eigenvalue weighted by Crippen LogP contribution is -2.26. The normalized spacial score (nSPS) is 16.3. The first kappa shape index (κ1) is 16.4. The van der Waals surface area contributed by atoms with Crippen LogP contribution in [0.1, 0.15) is 18.2 Å². The monoisotopic (exact) mass is 344 g/mol. The van der Waals surface area contributed by atoms with Gasteiger partial charge in [0.05, 0.1) is 10.6 Å². The van der Waals surface area contributed by atoms with Crippen LogP contribution in [0.4, 0.5) is 0 Å². The van der Waals surface area contributed by atoms with Gasteiger partial charge >= 0.3 is 0 Å². The fourth-order valence-electron chi connectivity index (χ4n) is 2.66. The zero-order chi connectivity index (χ0) is 16.2. The summed E-state index contributed by atoms with van der Waals surface area (Å²) < 4.78 is 1.84. The SMILES string of the molecule is C=CCSc1nc2c(c(=O)n1CCc1ccccc1)SC(C)C2. The lowest BCUT2D eigenvalue weighted by molar-refractivity contribution is 0.565. The summed E-state index contributed by atoms with van der Waals surface area (Å²) in [5.74, 6) is 0.763. The molecule has 0 saturated heterocycles. The Kier molecular flexibility index (Phi) is 5.28. The number of aromatic nitrogens is 2. The number of hydrogen-bond donors (Lipinski definition) is 0. The molecule has 1 aliphatic rings. The molecule has 1 aromatic heterocycles. The molecule has 3 rings (SSSR count). The predicted molar refractivity (Wildman–Crippen MR) is 98.6 cm³/mol. The first-order valence-electron chi connectivity index (χ1n) is 7.77. The standard InChI is InChI=1S/C18H20N2OS2/c1-3-11-22-18-19-15-12-13(2)23-16(15)17(21)20(18)10-9-14-7-5-4-6-8-14/h3-8,13H,1,9-12H2,2H3. The van der Waals surface area contributed by atoms with Crippen LogP contribution >= 0.6 is 23.5 Å². The van der Waals surface area contributed by atoms with E-state index in [0.717, 1.165) is 34.3 Å². The van der Waals surface area contributed by atoms with Crippen LogP contribution in [-0.4, -0.2) is 20.6 Å². The number of aryl methyl sites for hydroxylation is 1. The minimum absolute atomic E-state index is 0.117. The molecular formula is C18H20N2OS2. The Hall–Kier alpha value is -1.46. The number of thioether (sulfide) groups is 2. The Bertz CT molecular complexity index is 756. The molecule has 1 atom stereocenters. The Morgan fingerprint density at radius 2 is 2.22 bits per heavy atom. The minimum Gasteiger partial charge on any atom is -0.286 e. The Labute approximate surface area is 145 Å². The largest absolute Gasteiger partial charge is 0.286 e. The van der Waals surface area contributed by atoms with Crippen LogP contribution < -0.4 is 5.56 Å². The molecule has 0 fully saturated rings. The predicted octanol–water partition coefficient (Wildman–Crippen LogP) is 3.80. The van der Waals surface area contributed by atoms with E-state index >= 15 is 0 Å². The molecule has 0 radical (unpaired) electrons. The average molecular weight is 345 g/mol. The van der Waals surface area contributed by atoms with Gasteiger partial charge in [-0.2, -0.15) is 0 Å². The third-order valence-electron chi connectivity index (χ3n) is 3.76. The highest BCUT2D eigenvalue weighted by atomic mass is 32.2. The molecule has 0 saturated carbocycles. The maximum atomic E-state index is 12.9. The molecule has 1 aliphatic heterocycles. The van der Waals surface area contributed by atoms with Crippen LogP contribution in [0.25, 0.3) is 0 Å². The van der Waals surface area contributed by atoms with Crippen molar-refractivity contribution in [3.05, 3.63) is 64.6 Å². The molecule has 1 aromatic carbocycles. The highest BCUT2D eigenvalue weighted by molar-refractivity contribution is 8.00. The highest BCUT2D eigenvalue weighted by Crippen LogP contribution is 2.34. The van der Waals surface area contributed by atoms with E-state index in [1.807, 2.05) is 28.8 Å². The summed E-state index contributed by atoms with van der Waals surface area (Å²) in [6.07, 6.45) is 3.57. The van der Waals surface area contributed by atoms with E-state index in [0.29, 0.717) is 11.8 Å². The van der Waals surface area contributed by atoms with Gasteiger partial charge in [0.15, 0.2) is 5.16 Å². The fourth-order valence-corrected chi connectivity index (χ4v) is 4.55. The number of rotatable bonds is 6. The summed E-state index contributed by atoms with van der Waals surface area (Å²) in [5.41, 5.74) is 2.32. The third-order valence-corrected chi connectivity index (χ3v) is 5.95. The van der Waals surface area contributed by atoms with Crippen molar-refractivity contribution in [1.29, 1.82) is 0 Å². The first-order chi connectivity index (χ1) is 11.2. The third kappa shape index (κ3) is 3.72. The summed E-state index contributed by atoms with van der Waals surface area (Å²) in [6, 6.07) is 10.3. The van der Waals surface area contributed by atoms with Gasteiger partial charge in [-0.1, -0.05) is 55.1 Å².